The second-order valence-corrected chi connectivity index (χ2v) is 10.3. The van der Waals surface area contributed by atoms with Gasteiger partial charge in [-0.05, 0) is 56.0 Å². The Morgan fingerprint density at radius 1 is 1.13 bits per heavy atom. The number of nitrogen functional groups attached to an aromatic ring is 1. The van der Waals surface area contributed by atoms with Gasteiger partial charge < -0.3 is 25.4 Å². The molecule has 6 rings (SSSR count). The molecule has 0 unspecified atom stereocenters. The Morgan fingerprint density at radius 3 is 2.84 bits per heavy atom. The van der Waals surface area contributed by atoms with Crippen LogP contribution in [0, 0.1) is 11.8 Å². The van der Waals surface area contributed by atoms with Gasteiger partial charge in [0.2, 0.25) is 0 Å². The minimum atomic E-state index is 0.173. The van der Waals surface area contributed by atoms with Gasteiger partial charge in [-0.3, -0.25) is 4.90 Å². The summed E-state index contributed by atoms with van der Waals surface area (Å²) < 4.78 is 5.69. The van der Waals surface area contributed by atoms with Gasteiger partial charge in [-0.1, -0.05) is 18.1 Å². The maximum absolute atomic E-state index is 10.3. The molecule has 3 aliphatic heterocycles. The van der Waals surface area contributed by atoms with Gasteiger partial charge in [0.15, 0.2) is 5.82 Å². The average Bonchev–Trinajstić information content (AvgIpc) is 3.50. The molecule has 0 saturated carbocycles. The summed E-state index contributed by atoms with van der Waals surface area (Å²) in [6.07, 6.45) is 4.33. The third kappa shape index (κ3) is 4.97. The molecule has 0 radical (unpaired) electrons. The van der Waals surface area contributed by atoms with E-state index in [1.54, 1.807) is 12.1 Å². The van der Waals surface area contributed by atoms with Crippen LogP contribution in [0.3, 0.4) is 0 Å². The summed E-state index contributed by atoms with van der Waals surface area (Å²) >= 11 is 0. The zero-order chi connectivity index (χ0) is 26.1. The highest BCUT2D eigenvalue weighted by atomic mass is 16.5. The van der Waals surface area contributed by atoms with E-state index in [1.807, 2.05) is 24.4 Å². The number of phenolic OH excluding ortho intramolecular Hbond substituents is 1. The fraction of sp³-hybridized carbons (Fsp3) is 0.414. The van der Waals surface area contributed by atoms with Crippen molar-refractivity contribution in [1.29, 1.82) is 0 Å². The maximum atomic E-state index is 10.3. The number of nitrogens with two attached hydrogens (primary N) is 1. The van der Waals surface area contributed by atoms with Crippen LogP contribution in [0.15, 0.2) is 48.7 Å². The third-order valence-electron chi connectivity index (χ3n) is 7.87. The molecular formula is C29H33N7O2. The van der Waals surface area contributed by atoms with E-state index >= 15 is 0 Å². The molecule has 1 aromatic carbocycles. The summed E-state index contributed by atoms with van der Waals surface area (Å²) in [5.41, 5.74) is 10.3. The van der Waals surface area contributed by atoms with Crippen LogP contribution < -0.4 is 15.5 Å². The molecule has 9 heteroatoms. The average molecular weight is 512 g/mol. The van der Waals surface area contributed by atoms with E-state index in [4.69, 9.17) is 10.5 Å². The highest BCUT2D eigenvalue weighted by molar-refractivity contribution is 5.74. The summed E-state index contributed by atoms with van der Waals surface area (Å²) in [5, 5.41) is 18.7. The molecule has 5 heterocycles. The number of nitrogens with zero attached hydrogens (tertiary/aromatic N) is 6. The fourth-order valence-electron chi connectivity index (χ4n) is 5.72. The van der Waals surface area contributed by atoms with Crippen LogP contribution in [0.5, 0.6) is 5.75 Å². The quantitative estimate of drug-likeness (QED) is 0.512. The lowest BCUT2D eigenvalue weighted by Crippen LogP contribution is -2.37. The van der Waals surface area contributed by atoms with E-state index in [0.29, 0.717) is 35.3 Å². The highest BCUT2D eigenvalue weighted by Crippen LogP contribution is 2.32. The predicted octanol–water partition coefficient (Wildman–Crippen LogP) is 2.76. The molecule has 3 saturated heterocycles. The Balaban J connectivity index is 1.16. The lowest BCUT2D eigenvalue weighted by atomic mass is 10.1. The number of aromatic nitrogens is 3. The van der Waals surface area contributed by atoms with Crippen molar-refractivity contribution in [1.82, 2.24) is 20.1 Å². The number of phenols is 1. The van der Waals surface area contributed by atoms with Crippen molar-refractivity contribution >= 4 is 17.2 Å². The summed E-state index contributed by atoms with van der Waals surface area (Å²) in [4.78, 5) is 11.6. The van der Waals surface area contributed by atoms with Gasteiger partial charge in [-0.25, -0.2) is 4.98 Å². The van der Waals surface area contributed by atoms with Crippen LogP contribution in [0.25, 0.3) is 11.3 Å². The molecular weight excluding hydrogens is 478 g/mol. The lowest BCUT2D eigenvalue weighted by Gasteiger charge is -2.29. The summed E-state index contributed by atoms with van der Waals surface area (Å²) in [6, 6.07) is 14.1. The Hall–Kier alpha value is -3.87. The van der Waals surface area contributed by atoms with E-state index in [1.165, 1.54) is 0 Å². The first kappa shape index (κ1) is 24.5. The second kappa shape index (κ2) is 10.5. The van der Waals surface area contributed by atoms with Crippen molar-refractivity contribution in [2.24, 2.45) is 0 Å². The van der Waals surface area contributed by atoms with Crippen LogP contribution in [0.1, 0.15) is 25.5 Å². The zero-order valence-corrected chi connectivity index (χ0v) is 21.6. The first-order valence-electron chi connectivity index (χ1n) is 13.3. The second-order valence-electron chi connectivity index (χ2n) is 10.3. The Bertz CT molecular complexity index is 1370. The normalized spacial score (nSPS) is 23.2. The number of hydrogen-bond donors (Lipinski definition) is 2. The monoisotopic (exact) mass is 511 g/mol. The molecule has 3 aromatic rings. The molecule has 9 nitrogen and oxygen atoms in total. The van der Waals surface area contributed by atoms with Crippen molar-refractivity contribution in [3.8, 4) is 28.8 Å². The predicted molar refractivity (Wildman–Crippen MR) is 148 cm³/mol. The first-order valence-corrected chi connectivity index (χ1v) is 13.3. The molecule has 0 aliphatic carbocycles. The number of aromatic hydroxyl groups is 1. The number of benzene rings is 1. The molecule has 3 fully saturated rings. The molecule has 3 aliphatic rings. The first-order chi connectivity index (χ1) is 18.5. The Morgan fingerprint density at radius 2 is 2.03 bits per heavy atom. The van der Waals surface area contributed by atoms with E-state index in [-0.39, 0.29) is 5.75 Å². The van der Waals surface area contributed by atoms with Gasteiger partial charge in [0, 0.05) is 55.7 Å². The van der Waals surface area contributed by atoms with Gasteiger partial charge in [-0.15, -0.1) is 10.2 Å². The molecule has 2 bridgehead atoms. The van der Waals surface area contributed by atoms with Gasteiger partial charge in [0.05, 0.1) is 30.6 Å². The molecule has 3 N–H and O–H groups in total. The van der Waals surface area contributed by atoms with Crippen LogP contribution in [0.4, 0.5) is 17.2 Å². The fourth-order valence-corrected chi connectivity index (χ4v) is 5.72. The largest absolute Gasteiger partial charge is 0.507 e. The number of fused-ring (bicyclic) bond motifs is 2. The summed E-state index contributed by atoms with van der Waals surface area (Å²) in [7, 11) is 0. The van der Waals surface area contributed by atoms with Gasteiger partial charge in [0.25, 0.3) is 0 Å². The number of rotatable bonds is 4. The smallest absolute Gasteiger partial charge is 0.169 e. The highest BCUT2D eigenvalue weighted by Gasteiger charge is 2.38. The number of likely N-dealkylation sites (tertiary alicyclic amines) is 1. The van der Waals surface area contributed by atoms with Crippen molar-refractivity contribution in [3.63, 3.8) is 0 Å². The van der Waals surface area contributed by atoms with Gasteiger partial charge >= 0.3 is 0 Å². The maximum Gasteiger partial charge on any atom is 0.169 e. The Labute approximate surface area is 223 Å². The SMILES string of the molecule is C[C@@H]1CCN(c2cc(-c3ccccc3O)nnc2N)CCN1c1ccnc(C#CCN2C[C@@H]3C[C@H]2CO3)c1. The molecule has 0 amide bonds. The number of anilines is 3. The van der Waals surface area contributed by atoms with Gasteiger partial charge in [-0.2, -0.15) is 0 Å². The third-order valence-corrected chi connectivity index (χ3v) is 7.87. The van der Waals surface area contributed by atoms with Crippen molar-refractivity contribution in [2.75, 3.05) is 54.9 Å². The molecule has 2 aromatic heterocycles. The number of pyridine rings is 1. The number of ether oxygens (including phenoxy) is 1. The molecule has 196 valence electrons. The van der Waals surface area contributed by atoms with Crippen LogP contribution in [0.2, 0.25) is 0 Å². The van der Waals surface area contributed by atoms with Crippen molar-refractivity contribution in [2.45, 2.75) is 38.0 Å². The van der Waals surface area contributed by atoms with E-state index in [2.05, 4.69) is 60.8 Å². The summed E-state index contributed by atoms with van der Waals surface area (Å²) in [6.45, 7) is 7.28. The Kier molecular flexibility index (Phi) is 6.75. The molecule has 38 heavy (non-hydrogen) atoms. The van der Waals surface area contributed by atoms with Crippen LogP contribution in [-0.4, -0.2) is 82.7 Å². The van der Waals surface area contributed by atoms with E-state index < -0.39 is 0 Å². The zero-order valence-electron chi connectivity index (χ0n) is 21.6. The molecule has 3 atom stereocenters. The summed E-state index contributed by atoms with van der Waals surface area (Å²) in [5.74, 6) is 7.17. The van der Waals surface area contributed by atoms with Crippen LogP contribution in [-0.2, 0) is 4.74 Å². The van der Waals surface area contributed by atoms with Crippen LogP contribution >= 0.6 is 0 Å². The van der Waals surface area contributed by atoms with Gasteiger partial charge in [0.1, 0.15) is 11.4 Å². The minimum Gasteiger partial charge on any atom is -0.507 e. The standard InChI is InChI=1S/C29H33N7O2/c1-20-9-12-34(27-17-26(32-33-29(27)30)25-6-2-3-7-28(25)37)13-14-36(20)22-8-10-31-21(15-22)5-4-11-35-18-24-16-23(35)19-38-24/h2-3,6-8,10,15,17,20,23-24,37H,9,11-14,16,18-19H2,1H3,(H2,30,33)/t20-,23+,24+/m1/s1. The van der Waals surface area contributed by atoms with Crippen molar-refractivity contribution < 1.29 is 9.84 Å². The topological polar surface area (TPSA) is 104 Å². The minimum absolute atomic E-state index is 0.173. The number of para-hydroxylation sites is 1. The van der Waals surface area contributed by atoms with E-state index in [9.17, 15) is 5.11 Å². The molecule has 0 spiro atoms. The number of morpholine rings is 1. The number of hydrogen-bond acceptors (Lipinski definition) is 9. The van der Waals surface area contributed by atoms with Crippen molar-refractivity contribution in [3.05, 3.63) is 54.4 Å². The lowest BCUT2D eigenvalue weighted by molar-refractivity contribution is 0.0363. The van der Waals surface area contributed by atoms with E-state index in [0.717, 1.165) is 69.2 Å².